The van der Waals surface area contributed by atoms with Crippen molar-refractivity contribution in [2.24, 2.45) is 0 Å². The topological polar surface area (TPSA) is 29.9 Å². The predicted octanol–water partition coefficient (Wildman–Crippen LogP) is 2.98. The third-order valence-electron chi connectivity index (χ3n) is 4.25. The minimum Gasteiger partial charge on any atom is -0.336 e. The monoisotopic (exact) mass is 269 g/mol. The van der Waals surface area contributed by atoms with Crippen LogP contribution in [0, 0.1) is 0 Å². The van der Waals surface area contributed by atoms with Crippen molar-refractivity contribution in [3.8, 4) is 0 Å². The Hall–Kier alpha value is -1.61. The van der Waals surface area contributed by atoms with E-state index in [2.05, 4.69) is 46.1 Å². The second-order valence-electron chi connectivity index (χ2n) is 5.86. The van der Waals surface area contributed by atoms with Gasteiger partial charge in [-0.2, -0.15) is 0 Å². The Balaban J connectivity index is 1.56. The molecule has 1 N–H and O–H groups in total. The van der Waals surface area contributed by atoms with Gasteiger partial charge in [-0.05, 0) is 43.2 Å². The zero-order valence-corrected chi connectivity index (χ0v) is 12.1. The van der Waals surface area contributed by atoms with Gasteiger partial charge in [0, 0.05) is 31.5 Å². The molecule has 3 heteroatoms. The molecule has 0 bridgehead atoms. The van der Waals surface area contributed by atoms with Crippen molar-refractivity contribution in [1.82, 2.24) is 14.9 Å². The number of fused-ring (bicyclic) bond motifs is 1. The fourth-order valence-corrected chi connectivity index (χ4v) is 3.19. The first-order valence-electron chi connectivity index (χ1n) is 7.60. The average molecular weight is 269 g/mol. The van der Waals surface area contributed by atoms with Gasteiger partial charge in [0.05, 0.1) is 6.33 Å². The maximum absolute atomic E-state index is 4.09. The molecule has 20 heavy (non-hydrogen) atoms. The number of imidazole rings is 1. The molecule has 3 rings (SSSR count). The molecule has 2 aromatic rings. The lowest BCUT2D eigenvalue weighted by molar-refractivity contribution is 0.432. The molecule has 106 valence electrons. The van der Waals surface area contributed by atoms with Crippen LogP contribution in [0.2, 0.25) is 0 Å². The Kier molecular flexibility index (Phi) is 4.16. The third-order valence-corrected chi connectivity index (χ3v) is 4.25. The van der Waals surface area contributed by atoms with Crippen LogP contribution in [0.3, 0.4) is 0 Å². The molecule has 2 atom stereocenters. The summed E-state index contributed by atoms with van der Waals surface area (Å²) in [5.41, 5.74) is 3.11. The van der Waals surface area contributed by atoms with Gasteiger partial charge < -0.3 is 9.88 Å². The molecule has 3 nitrogen and oxygen atoms in total. The van der Waals surface area contributed by atoms with E-state index < -0.39 is 0 Å². The van der Waals surface area contributed by atoms with E-state index in [9.17, 15) is 0 Å². The van der Waals surface area contributed by atoms with E-state index in [-0.39, 0.29) is 0 Å². The highest BCUT2D eigenvalue weighted by Crippen LogP contribution is 2.30. The molecule has 0 saturated carbocycles. The Bertz CT molecular complexity index is 533. The van der Waals surface area contributed by atoms with Crippen LogP contribution in [0.25, 0.3) is 0 Å². The molecular weight excluding hydrogens is 246 g/mol. The molecule has 1 aromatic carbocycles. The largest absolute Gasteiger partial charge is 0.336 e. The van der Waals surface area contributed by atoms with Crippen molar-refractivity contribution in [1.29, 1.82) is 0 Å². The van der Waals surface area contributed by atoms with E-state index >= 15 is 0 Å². The van der Waals surface area contributed by atoms with E-state index in [1.165, 1.54) is 19.3 Å². The van der Waals surface area contributed by atoms with Crippen molar-refractivity contribution in [2.45, 2.75) is 44.7 Å². The molecule has 0 saturated heterocycles. The summed E-state index contributed by atoms with van der Waals surface area (Å²) in [5.74, 6) is 0.671. The molecule has 1 heterocycles. The first kappa shape index (κ1) is 13.4. The number of hydrogen-bond acceptors (Lipinski definition) is 2. The van der Waals surface area contributed by atoms with Crippen LogP contribution >= 0.6 is 0 Å². The van der Waals surface area contributed by atoms with E-state index in [1.54, 1.807) is 11.1 Å². The molecule has 0 aliphatic heterocycles. The summed E-state index contributed by atoms with van der Waals surface area (Å²) >= 11 is 0. The lowest BCUT2D eigenvalue weighted by Crippen LogP contribution is -2.34. The fraction of sp³-hybridized carbons (Fsp3) is 0.471. The number of aryl methyl sites for hydroxylation is 1. The second-order valence-corrected chi connectivity index (χ2v) is 5.86. The second kappa shape index (κ2) is 6.23. The van der Waals surface area contributed by atoms with Crippen molar-refractivity contribution in [3.05, 3.63) is 54.1 Å². The Morgan fingerprint density at radius 1 is 1.40 bits per heavy atom. The summed E-state index contributed by atoms with van der Waals surface area (Å²) < 4.78 is 2.13. The van der Waals surface area contributed by atoms with E-state index in [4.69, 9.17) is 0 Å². The summed E-state index contributed by atoms with van der Waals surface area (Å²) in [6.45, 7) is 4.30. The Labute approximate surface area is 121 Å². The quantitative estimate of drug-likeness (QED) is 0.904. The Morgan fingerprint density at radius 2 is 2.30 bits per heavy atom. The molecule has 2 unspecified atom stereocenters. The van der Waals surface area contributed by atoms with Gasteiger partial charge in [-0.25, -0.2) is 4.98 Å². The van der Waals surface area contributed by atoms with Gasteiger partial charge in [0.25, 0.3) is 0 Å². The lowest BCUT2D eigenvalue weighted by Gasteiger charge is -2.27. The summed E-state index contributed by atoms with van der Waals surface area (Å²) in [7, 11) is 0. The maximum atomic E-state index is 4.09. The first-order valence-corrected chi connectivity index (χ1v) is 7.60. The van der Waals surface area contributed by atoms with Crippen LogP contribution in [-0.2, 0) is 13.0 Å². The molecular formula is C17H23N3. The molecule has 0 fully saturated rings. The highest BCUT2D eigenvalue weighted by atomic mass is 15.1. The normalized spacial score (nSPS) is 19.6. The zero-order valence-electron chi connectivity index (χ0n) is 12.1. The molecule has 0 amide bonds. The van der Waals surface area contributed by atoms with E-state index in [0.29, 0.717) is 12.0 Å². The molecule has 1 aliphatic rings. The summed E-state index contributed by atoms with van der Waals surface area (Å²) in [6, 6.07) is 9.40. The lowest BCUT2D eigenvalue weighted by atomic mass is 9.83. The van der Waals surface area contributed by atoms with Crippen molar-refractivity contribution in [2.75, 3.05) is 6.54 Å². The van der Waals surface area contributed by atoms with Gasteiger partial charge in [-0.1, -0.05) is 24.3 Å². The maximum Gasteiger partial charge on any atom is 0.0946 e. The van der Waals surface area contributed by atoms with Gasteiger partial charge in [0.2, 0.25) is 0 Å². The average Bonchev–Trinajstić information content (AvgIpc) is 2.98. The predicted molar refractivity (Wildman–Crippen MR) is 81.8 cm³/mol. The van der Waals surface area contributed by atoms with Crippen LogP contribution in [0.1, 0.15) is 36.8 Å². The smallest absolute Gasteiger partial charge is 0.0946 e. The van der Waals surface area contributed by atoms with Gasteiger partial charge >= 0.3 is 0 Å². The fourth-order valence-electron chi connectivity index (χ4n) is 3.19. The van der Waals surface area contributed by atoms with Crippen LogP contribution < -0.4 is 5.32 Å². The summed E-state index contributed by atoms with van der Waals surface area (Å²) in [5, 5.41) is 3.68. The molecule has 0 radical (unpaired) electrons. The molecule has 0 spiro atoms. The number of hydrogen-bond donors (Lipinski definition) is 1. The Morgan fingerprint density at radius 3 is 3.15 bits per heavy atom. The van der Waals surface area contributed by atoms with Gasteiger partial charge in [-0.15, -0.1) is 0 Å². The van der Waals surface area contributed by atoms with Crippen LogP contribution in [0.15, 0.2) is 43.0 Å². The highest BCUT2D eigenvalue weighted by molar-refractivity contribution is 5.32. The van der Waals surface area contributed by atoms with E-state index in [0.717, 1.165) is 13.1 Å². The third kappa shape index (κ3) is 3.10. The summed E-state index contributed by atoms with van der Waals surface area (Å²) in [4.78, 5) is 4.09. The van der Waals surface area contributed by atoms with Gasteiger partial charge in [-0.3, -0.25) is 0 Å². The number of nitrogens with one attached hydrogen (secondary N) is 1. The van der Waals surface area contributed by atoms with Crippen LogP contribution in [0.4, 0.5) is 0 Å². The standard InChI is InChI=1S/C17H23N3/c1-14(12-20-10-9-18-13-20)19-11-16-7-4-6-15-5-2-3-8-17(15)16/h2-3,5,8-10,13-14,16,19H,4,6-7,11-12H2,1H3. The minimum absolute atomic E-state index is 0.471. The number of rotatable bonds is 5. The summed E-state index contributed by atoms with van der Waals surface area (Å²) in [6.07, 6.45) is 9.62. The molecule has 1 aliphatic carbocycles. The molecule has 1 aromatic heterocycles. The van der Waals surface area contributed by atoms with Crippen molar-refractivity contribution < 1.29 is 0 Å². The minimum atomic E-state index is 0.471. The van der Waals surface area contributed by atoms with Crippen LogP contribution in [0.5, 0.6) is 0 Å². The van der Waals surface area contributed by atoms with Crippen molar-refractivity contribution >= 4 is 0 Å². The van der Waals surface area contributed by atoms with Gasteiger partial charge in [0.15, 0.2) is 0 Å². The van der Waals surface area contributed by atoms with E-state index in [1.807, 2.05) is 18.7 Å². The van der Waals surface area contributed by atoms with Gasteiger partial charge in [0.1, 0.15) is 0 Å². The number of aromatic nitrogens is 2. The number of nitrogens with zero attached hydrogens (tertiary/aromatic N) is 2. The highest BCUT2D eigenvalue weighted by Gasteiger charge is 2.19. The van der Waals surface area contributed by atoms with Crippen molar-refractivity contribution in [3.63, 3.8) is 0 Å². The SMILES string of the molecule is CC(Cn1ccnc1)NCC1CCCc2ccccc21. The van der Waals surface area contributed by atoms with Crippen LogP contribution in [-0.4, -0.2) is 22.1 Å². The number of benzene rings is 1. The first-order chi connectivity index (χ1) is 9.83. The zero-order chi connectivity index (χ0) is 13.8.